The predicted molar refractivity (Wildman–Crippen MR) is 112 cm³/mol. The van der Waals surface area contributed by atoms with Crippen molar-refractivity contribution in [2.75, 3.05) is 13.2 Å². The van der Waals surface area contributed by atoms with E-state index in [-0.39, 0.29) is 29.7 Å². The lowest BCUT2D eigenvalue weighted by Gasteiger charge is -2.55. The van der Waals surface area contributed by atoms with Crippen LogP contribution in [-0.2, 0) is 23.1 Å². The van der Waals surface area contributed by atoms with Crippen molar-refractivity contribution < 1.29 is 33.3 Å². The number of hydrogen-bond acceptors (Lipinski definition) is 7. The topological polar surface area (TPSA) is 94.5 Å². The van der Waals surface area contributed by atoms with Crippen molar-refractivity contribution in [3.8, 4) is 0 Å². The Hall–Kier alpha value is -0.513. The van der Waals surface area contributed by atoms with Crippen molar-refractivity contribution in [2.24, 2.45) is 5.41 Å². The minimum absolute atomic E-state index is 0.114. The quantitative estimate of drug-likeness (QED) is 0.523. The fraction of sp³-hybridized carbons (Fsp3) is 0.952. The smallest absolute Gasteiger partial charge is 0.349 e. The van der Waals surface area contributed by atoms with Crippen molar-refractivity contribution in [1.82, 2.24) is 0 Å². The van der Waals surface area contributed by atoms with Crippen LogP contribution in [0, 0.1) is 5.41 Å². The summed E-state index contributed by atoms with van der Waals surface area (Å²) in [5, 5.41) is 21.2. The maximum Gasteiger partial charge on any atom is 0.349 e. The van der Waals surface area contributed by atoms with Gasteiger partial charge in [0, 0.05) is 16.5 Å². The summed E-state index contributed by atoms with van der Waals surface area (Å²) in [4.78, 5) is 12.5. The molecule has 2 N–H and O–H groups in total. The van der Waals surface area contributed by atoms with Crippen LogP contribution < -0.4 is 0 Å². The van der Waals surface area contributed by atoms with Crippen LogP contribution in [0.2, 0.25) is 10.1 Å². The first-order valence-corrected chi connectivity index (χ1v) is 12.4. The zero-order valence-corrected chi connectivity index (χ0v) is 20.4. The van der Waals surface area contributed by atoms with Gasteiger partial charge in [-0.05, 0) is 20.8 Å². The number of aliphatic hydroxyl groups excluding tert-OH is 2. The van der Waals surface area contributed by atoms with Crippen LogP contribution in [0.25, 0.3) is 0 Å². The van der Waals surface area contributed by atoms with E-state index < -0.39 is 50.5 Å². The molecule has 29 heavy (non-hydrogen) atoms. The number of hydrogen-bond donors (Lipinski definition) is 2. The molecule has 0 saturated carbocycles. The Morgan fingerprint density at radius 2 is 1.62 bits per heavy atom. The Balaban J connectivity index is 2.37. The molecule has 2 aliphatic rings. The Morgan fingerprint density at radius 3 is 2.10 bits per heavy atom. The van der Waals surface area contributed by atoms with E-state index in [0.29, 0.717) is 0 Å². The van der Waals surface area contributed by atoms with Gasteiger partial charge in [0.2, 0.25) is 0 Å². The largest absolute Gasteiger partial charge is 0.466 e. The predicted octanol–water partition coefficient (Wildman–Crippen LogP) is 2.91. The van der Waals surface area contributed by atoms with Crippen molar-refractivity contribution in [3.05, 3.63) is 0 Å². The molecule has 2 rings (SSSR count). The second-order valence-electron chi connectivity index (χ2n) is 10.9. The average Bonchev–Trinajstić information content (AvgIpc) is 2.70. The van der Waals surface area contributed by atoms with Gasteiger partial charge in [0.25, 0.3) is 0 Å². The van der Waals surface area contributed by atoms with Gasteiger partial charge >= 0.3 is 14.5 Å². The lowest BCUT2D eigenvalue weighted by Crippen LogP contribution is -2.67. The molecule has 5 atom stereocenters. The highest BCUT2D eigenvalue weighted by atomic mass is 28.4. The summed E-state index contributed by atoms with van der Waals surface area (Å²) in [7, 11) is -2.83. The normalized spacial score (nSPS) is 33.6. The van der Waals surface area contributed by atoms with Gasteiger partial charge in [0.05, 0.1) is 30.8 Å². The first-order chi connectivity index (χ1) is 13.1. The summed E-state index contributed by atoms with van der Waals surface area (Å²) in [5.74, 6) is -0.393. The summed E-state index contributed by atoms with van der Waals surface area (Å²) in [5.41, 5.74) is -0.981. The average molecular weight is 433 g/mol. The van der Waals surface area contributed by atoms with E-state index in [9.17, 15) is 15.0 Å². The highest BCUT2D eigenvalue weighted by Crippen LogP contribution is 2.55. The van der Waals surface area contributed by atoms with Crippen molar-refractivity contribution in [2.45, 2.75) is 109 Å². The second kappa shape index (κ2) is 8.20. The minimum atomic E-state index is -2.83. The minimum Gasteiger partial charge on any atom is -0.466 e. The third-order valence-electron chi connectivity index (χ3n) is 6.23. The zero-order valence-electron chi connectivity index (χ0n) is 19.4. The van der Waals surface area contributed by atoms with Gasteiger partial charge in [-0.25, -0.2) is 0 Å². The molecule has 0 aromatic carbocycles. The number of rotatable bonds is 3. The van der Waals surface area contributed by atoms with Crippen LogP contribution in [0.15, 0.2) is 0 Å². The van der Waals surface area contributed by atoms with Crippen molar-refractivity contribution in [3.63, 3.8) is 0 Å². The third-order valence-corrected chi connectivity index (χ3v) is 11.4. The van der Waals surface area contributed by atoms with Gasteiger partial charge in [-0.2, -0.15) is 0 Å². The standard InChI is InChI=1S/C21H40O7Si/c1-10-25-18(24)21(8,9)15-11-13(22)16(23)17-14(27-15)12-26-29(28-17,19(2,3)4)20(5,6)7/h13-17,22-23H,10-12H2,1-9H3/t13-,14+,15-,16-,17-/m0/s1. The van der Waals surface area contributed by atoms with Crippen molar-refractivity contribution >= 4 is 14.5 Å². The van der Waals surface area contributed by atoms with E-state index in [2.05, 4.69) is 41.5 Å². The zero-order chi connectivity index (χ0) is 22.4. The molecule has 2 fully saturated rings. The maximum atomic E-state index is 12.5. The summed E-state index contributed by atoms with van der Waals surface area (Å²) in [6, 6.07) is 0. The van der Waals surface area contributed by atoms with E-state index in [1.165, 1.54) is 0 Å². The van der Waals surface area contributed by atoms with E-state index >= 15 is 0 Å². The second-order valence-corrected chi connectivity index (χ2v) is 15.7. The van der Waals surface area contributed by atoms with Gasteiger partial charge < -0.3 is 28.5 Å². The van der Waals surface area contributed by atoms with Gasteiger partial charge in [-0.1, -0.05) is 41.5 Å². The molecule has 0 aliphatic carbocycles. The Kier molecular flexibility index (Phi) is 7.00. The molecule has 170 valence electrons. The summed E-state index contributed by atoms with van der Waals surface area (Å²) >= 11 is 0. The van der Waals surface area contributed by atoms with E-state index in [4.69, 9.17) is 18.3 Å². The first kappa shape index (κ1) is 24.8. The van der Waals surface area contributed by atoms with E-state index in [0.717, 1.165) is 0 Å². The summed E-state index contributed by atoms with van der Waals surface area (Å²) in [6.45, 7) is 18.3. The molecule has 7 nitrogen and oxygen atoms in total. The molecule has 0 amide bonds. The number of esters is 1. The molecule has 2 saturated heterocycles. The van der Waals surface area contributed by atoms with Gasteiger partial charge in [0.1, 0.15) is 18.3 Å². The van der Waals surface area contributed by atoms with Crippen LogP contribution in [0.1, 0.15) is 68.7 Å². The highest BCUT2D eigenvalue weighted by Gasteiger charge is 2.64. The molecule has 8 heteroatoms. The van der Waals surface area contributed by atoms with Crippen LogP contribution >= 0.6 is 0 Å². The lowest BCUT2D eigenvalue weighted by molar-refractivity contribution is -0.181. The Bertz CT molecular complexity index is 579. The number of fused-ring (bicyclic) bond motifs is 1. The van der Waals surface area contributed by atoms with Gasteiger partial charge in [-0.15, -0.1) is 0 Å². The molecular formula is C21H40O7Si. The molecule has 0 aromatic heterocycles. The fourth-order valence-corrected chi connectivity index (χ4v) is 9.64. The molecule has 2 heterocycles. The van der Waals surface area contributed by atoms with E-state index in [1.807, 2.05) is 0 Å². The number of aliphatic hydroxyl groups is 2. The number of ether oxygens (including phenoxy) is 2. The SMILES string of the molecule is CCOC(=O)C(C)(C)[C@@H]1C[C@H](O)[C@H](O)[C@H]2O[Si](C(C)(C)C)(C(C)(C)C)OC[C@H]2O1. The Labute approximate surface area is 176 Å². The van der Waals surface area contributed by atoms with Crippen LogP contribution in [0.3, 0.4) is 0 Å². The lowest BCUT2D eigenvalue weighted by atomic mass is 9.83. The molecule has 0 spiro atoms. The molecule has 0 bridgehead atoms. The fourth-order valence-electron chi connectivity index (χ4n) is 4.67. The van der Waals surface area contributed by atoms with Crippen LogP contribution in [0.4, 0.5) is 0 Å². The molecule has 0 unspecified atom stereocenters. The molecular weight excluding hydrogens is 392 g/mol. The van der Waals surface area contributed by atoms with Gasteiger partial charge in [-0.3, -0.25) is 4.79 Å². The summed E-state index contributed by atoms with van der Waals surface area (Å²) < 4.78 is 24.5. The Morgan fingerprint density at radius 1 is 1.07 bits per heavy atom. The summed E-state index contributed by atoms with van der Waals surface area (Å²) in [6.07, 6.45) is -4.01. The molecule has 2 aliphatic heterocycles. The monoisotopic (exact) mass is 432 g/mol. The molecule has 0 aromatic rings. The van der Waals surface area contributed by atoms with E-state index in [1.54, 1.807) is 20.8 Å². The van der Waals surface area contributed by atoms with Crippen LogP contribution in [-0.4, -0.2) is 68.5 Å². The highest BCUT2D eigenvalue weighted by molar-refractivity contribution is 6.73. The maximum absolute atomic E-state index is 12.5. The third kappa shape index (κ3) is 4.43. The first-order valence-electron chi connectivity index (χ1n) is 10.6. The molecule has 0 radical (unpaired) electrons. The van der Waals surface area contributed by atoms with Crippen molar-refractivity contribution in [1.29, 1.82) is 0 Å². The number of carbonyl (C=O) groups excluding carboxylic acids is 1. The number of carbonyl (C=O) groups is 1. The van der Waals surface area contributed by atoms with Gasteiger partial charge in [0.15, 0.2) is 0 Å². The van der Waals surface area contributed by atoms with Crippen LogP contribution in [0.5, 0.6) is 0 Å².